The number of carbonyl (C=O) groups is 1. The molecule has 0 aliphatic heterocycles. The topological polar surface area (TPSA) is 46.9 Å². The Morgan fingerprint density at radius 2 is 2.24 bits per heavy atom. The van der Waals surface area contributed by atoms with Gasteiger partial charge in [0.05, 0.1) is 0 Å². The summed E-state index contributed by atoms with van der Waals surface area (Å²) in [5.41, 5.74) is 2.57. The van der Waals surface area contributed by atoms with Crippen molar-refractivity contribution < 1.29 is 4.79 Å². The molecule has 0 fully saturated rings. The number of anilines is 1. The SMILES string of the molecule is CCc1cccc(NC(=O)c2ccnn2C)c1. The van der Waals surface area contributed by atoms with Gasteiger partial charge in [0.1, 0.15) is 5.69 Å². The molecular formula is C13H15N3O. The summed E-state index contributed by atoms with van der Waals surface area (Å²) >= 11 is 0. The van der Waals surface area contributed by atoms with Crippen LogP contribution in [0.15, 0.2) is 36.5 Å². The van der Waals surface area contributed by atoms with Gasteiger partial charge in [0.25, 0.3) is 5.91 Å². The lowest BCUT2D eigenvalue weighted by molar-refractivity contribution is 0.101. The number of hydrogen-bond acceptors (Lipinski definition) is 2. The minimum Gasteiger partial charge on any atom is -0.321 e. The second kappa shape index (κ2) is 4.82. The molecule has 0 spiro atoms. The molecule has 0 saturated carbocycles. The molecule has 0 saturated heterocycles. The number of aryl methyl sites for hydroxylation is 2. The standard InChI is InChI=1S/C13H15N3O/c1-3-10-5-4-6-11(9-10)15-13(17)12-7-8-14-16(12)2/h4-9H,3H2,1-2H3,(H,15,17). The second-order valence-corrected chi connectivity index (χ2v) is 3.85. The summed E-state index contributed by atoms with van der Waals surface area (Å²) in [5, 5.41) is 6.83. The summed E-state index contributed by atoms with van der Waals surface area (Å²) < 4.78 is 1.55. The van der Waals surface area contributed by atoms with Gasteiger partial charge in [-0.1, -0.05) is 19.1 Å². The van der Waals surface area contributed by atoms with E-state index in [0.717, 1.165) is 12.1 Å². The summed E-state index contributed by atoms with van der Waals surface area (Å²) in [4.78, 5) is 11.9. The average Bonchev–Trinajstić information content (AvgIpc) is 2.76. The van der Waals surface area contributed by atoms with E-state index >= 15 is 0 Å². The van der Waals surface area contributed by atoms with Crippen LogP contribution in [0, 0.1) is 0 Å². The van der Waals surface area contributed by atoms with Crippen molar-refractivity contribution in [3.8, 4) is 0 Å². The Hall–Kier alpha value is -2.10. The molecule has 4 nitrogen and oxygen atoms in total. The van der Waals surface area contributed by atoms with Crippen molar-refractivity contribution in [3.63, 3.8) is 0 Å². The smallest absolute Gasteiger partial charge is 0.273 e. The Kier molecular flexibility index (Phi) is 3.23. The van der Waals surface area contributed by atoms with Crippen LogP contribution in [-0.2, 0) is 13.5 Å². The summed E-state index contributed by atoms with van der Waals surface area (Å²) in [7, 11) is 1.75. The fourth-order valence-corrected chi connectivity index (χ4v) is 1.66. The van der Waals surface area contributed by atoms with E-state index in [9.17, 15) is 4.79 Å². The molecule has 1 heterocycles. The summed E-state index contributed by atoms with van der Waals surface area (Å²) in [5.74, 6) is -0.141. The van der Waals surface area contributed by atoms with Crippen molar-refractivity contribution in [3.05, 3.63) is 47.8 Å². The average molecular weight is 229 g/mol. The Bertz CT molecular complexity index is 531. The number of nitrogens with zero attached hydrogens (tertiary/aromatic N) is 2. The van der Waals surface area contributed by atoms with Crippen LogP contribution in [0.4, 0.5) is 5.69 Å². The number of hydrogen-bond donors (Lipinski definition) is 1. The van der Waals surface area contributed by atoms with E-state index in [4.69, 9.17) is 0 Å². The van der Waals surface area contributed by atoms with Crippen LogP contribution in [0.3, 0.4) is 0 Å². The number of aromatic nitrogens is 2. The highest BCUT2D eigenvalue weighted by Gasteiger charge is 2.09. The third-order valence-corrected chi connectivity index (χ3v) is 2.65. The highest BCUT2D eigenvalue weighted by Crippen LogP contribution is 2.12. The van der Waals surface area contributed by atoms with Crippen LogP contribution < -0.4 is 5.32 Å². The number of rotatable bonds is 3. The molecule has 4 heteroatoms. The first-order valence-electron chi connectivity index (χ1n) is 5.59. The van der Waals surface area contributed by atoms with Gasteiger partial charge in [-0.2, -0.15) is 5.10 Å². The van der Waals surface area contributed by atoms with E-state index < -0.39 is 0 Å². The van der Waals surface area contributed by atoms with E-state index in [0.29, 0.717) is 5.69 Å². The van der Waals surface area contributed by atoms with Gasteiger partial charge in [-0.25, -0.2) is 0 Å². The number of carbonyl (C=O) groups excluding carboxylic acids is 1. The fraction of sp³-hybridized carbons (Fsp3) is 0.231. The maximum atomic E-state index is 11.9. The number of amides is 1. The predicted molar refractivity (Wildman–Crippen MR) is 67.0 cm³/mol. The number of nitrogens with one attached hydrogen (secondary N) is 1. The quantitative estimate of drug-likeness (QED) is 0.877. The molecule has 0 aliphatic rings. The van der Waals surface area contributed by atoms with Crippen LogP contribution in [-0.4, -0.2) is 15.7 Å². The molecule has 17 heavy (non-hydrogen) atoms. The van der Waals surface area contributed by atoms with Crippen LogP contribution in [0.2, 0.25) is 0 Å². The monoisotopic (exact) mass is 229 g/mol. The molecular weight excluding hydrogens is 214 g/mol. The van der Waals surface area contributed by atoms with E-state index in [1.807, 2.05) is 24.3 Å². The first-order valence-corrected chi connectivity index (χ1v) is 5.59. The van der Waals surface area contributed by atoms with Crippen molar-refractivity contribution in [1.82, 2.24) is 9.78 Å². The van der Waals surface area contributed by atoms with Crippen LogP contribution in [0.5, 0.6) is 0 Å². The summed E-state index contributed by atoms with van der Waals surface area (Å²) in [6, 6.07) is 9.54. The molecule has 0 aliphatic carbocycles. The molecule has 1 aromatic carbocycles. The van der Waals surface area contributed by atoms with Gasteiger partial charge in [0.2, 0.25) is 0 Å². The lowest BCUT2D eigenvalue weighted by Gasteiger charge is -2.06. The molecule has 0 unspecified atom stereocenters. The maximum absolute atomic E-state index is 11.9. The zero-order valence-electron chi connectivity index (χ0n) is 9.97. The Labute approximate surface area is 100 Å². The molecule has 88 valence electrons. The molecule has 2 aromatic rings. The van der Waals surface area contributed by atoms with Crippen LogP contribution in [0.25, 0.3) is 0 Å². The van der Waals surface area contributed by atoms with Crippen molar-refractivity contribution in [1.29, 1.82) is 0 Å². The Morgan fingerprint density at radius 3 is 2.88 bits per heavy atom. The van der Waals surface area contributed by atoms with E-state index in [2.05, 4.69) is 17.3 Å². The highest BCUT2D eigenvalue weighted by atomic mass is 16.2. The van der Waals surface area contributed by atoms with Gasteiger partial charge in [0, 0.05) is 18.9 Å². The third kappa shape index (κ3) is 2.53. The first-order chi connectivity index (χ1) is 8.20. The van der Waals surface area contributed by atoms with Gasteiger partial charge < -0.3 is 5.32 Å². The molecule has 0 atom stereocenters. The third-order valence-electron chi connectivity index (χ3n) is 2.65. The van der Waals surface area contributed by atoms with E-state index in [-0.39, 0.29) is 5.91 Å². The summed E-state index contributed by atoms with van der Waals surface area (Å²) in [6.07, 6.45) is 2.56. The van der Waals surface area contributed by atoms with Crippen molar-refractivity contribution in [2.45, 2.75) is 13.3 Å². The molecule has 1 amide bonds. The lowest BCUT2D eigenvalue weighted by Crippen LogP contribution is -2.16. The van der Waals surface area contributed by atoms with Crippen molar-refractivity contribution in [2.24, 2.45) is 7.05 Å². The number of benzene rings is 1. The van der Waals surface area contributed by atoms with Gasteiger partial charge in [-0.3, -0.25) is 9.48 Å². The normalized spacial score (nSPS) is 10.2. The minimum absolute atomic E-state index is 0.141. The lowest BCUT2D eigenvalue weighted by atomic mass is 10.1. The van der Waals surface area contributed by atoms with Crippen molar-refractivity contribution >= 4 is 11.6 Å². The fourth-order valence-electron chi connectivity index (χ4n) is 1.66. The second-order valence-electron chi connectivity index (χ2n) is 3.85. The van der Waals surface area contributed by atoms with Crippen LogP contribution in [0.1, 0.15) is 23.0 Å². The van der Waals surface area contributed by atoms with Gasteiger partial charge in [-0.15, -0.1) is 0 Å². The van der Waals surface area contributed by atoms with Gasteiger partial charge in [-0.05, 0) is 30.2 Å². The molecule has 1 N–H and O–H groups in total. The highest BCUT2D eigenvalue weighted by molar-refractivity contribution is 6.03. The largest absolute Gasteiger partial charge is 0.321 e. The summed E-state index contributed by atoms with van der Waals surface area (Å²) in [6.45, 7) is 2.09. The van der Waals surface area contributed by atoms with E-state index in [1.165, 1.54) is 5.56 Å². The predicted octanol–water partition coefficient (Wildman–Crippen LogP) is 2.23. The zero-order valence-corrected chi connectivity index (χ0v) is 9.97. The molecule has 1 aromatic heterocycles. The van der Waals surface area contributed by atoms with Crippen LogP contribution >= 0.6 is 0 Å². The van der Waals surface area contributed by atoms with Gasteiger partial charge >= 0.3 is 0 Å². The molecule has 2 rings (SSSR count). The zero-order chi connectivity index (χ0) is 12.3. The maximum Gasteiger partial charge on any atom is 0.273 e. The van der Waals surface area contributed by atoms with Gasteiger partial charge in [0.15, 0.2) is 0 Å². The van der Waals surface area contributed by atoms with Crippen molar-refractivity contribution in [2.75, 3.05) is 5.32 Å². The van der Waals surface area contributed by atoms with E-state index in [1.54, 1.807) is 24.0 Å². The minimum atomic E-state index is -0.141. The first kappa shape index (κ1) is 11.4. The Balaban J connectivity index is 2.16. The Morgan fingerprint density at radius 1 is 1.41 bits per heavy atom. The molecule has 0 radical (unpaired) electrons. The molecule has 0 bridgehead atoms.